The van der Waals surface area contributed by atoms with Gasteiger partial charge in [-0.2, -0.15) is 0 Å². The number of allylic oxidation sites excluding steroid dienone is 1. The molecule has 152 valence electrons. The fraction of sp³-hybridized carbons (Fsp3) is 0.381. The third kappa shape index (κ3) is 3.82. The van der Waals surface area contributed by atoms with E-state index in [2.05, 4.69) is 11.6 Å². The van der Waals surface area contributed by atoms with Crippen molar-refractivity contribution in [3.8, 4) is 0 Å². The number of H-pyrrole nitrogens is 1. The Labute approximate surface area is 172 Å². The van der Waals surface area contributed by atoms with E-state index in [1.165, 1.54) is 11.8 Å². The SMILES string of the molecule is C=CCn1c(SCC(=O)N2CC(C)OC(C)C2)nc2c([nH]c3ccccc32)c1=O. The standard InChI is InChI=1S/C21H24N4O3S/c1-4-9-25-20(27)19-18(15-7-5-6-8-16(15)22-19)23-21(25)29-12-17(26)24-10-13(2)28-14(3)11-24/h4-8,13-14,22H,1,9-12H2,2-3H3. The summed E-state index contributed by atoms with van der Waals surface area (Å²) < 4.78 is 7.27. The van der Waals surface area contributed by atoms with E-state index in [1.54, 1.807) is 10.6 Å². The number of morpholine rings is 1. The minimum atomic E-state index is -0.158. The van der Waals surface area contributed by atoms with Gasteiger partial charge >= 0.3 is 0 Å². The van der Waals surface area contributed by atoms with Crippen molar-refractivity contribution in [2.75, 3.05) is 18.8 Å². The number of rotatable bonds is 5. The summed E-state index contributed by atoms with van der Waals surface area (Å²) in [6, 6.07) is 7.70. The Morgan fingerprint density at radius 2 is 2.07 bits per heavy atom. The van der Waals surface area contributed by atoms with Gasteiger partial charge in [0, 0.05) is 30.5 Å². The first-order valence-corrected chi connectivity index (χ1v) is 10.6. The van der Waals surface area contributed by atoms with Crippen LogP contribution in [0.1, 0.15) is 13.8 Å². The molecule has 0 aliphatic carbocycles. The normalized spacial score (nSPS) is 19.7. The molecule has 3 aromatic rings. The number of nitrogens with zero attached hydrogens (tertiary/aromatic N) is 3. The van der Waals surface area contributed by atoms with Gasteiger partial charge in [-0.25, -0.2) is 4.98 Å². The topological polar surface area (TPSA) is 80.2 Å². The van der Waals surface area contributed by atoms with Gasteiger partial charge in [-0.3, -0.25) is 14.2 Å². The Hall–Kier alpha value is -2.58. The van der Waals surface area contributed by atoms with Gasteiger partial charge in [0.25, 0.3) is 5.56 Å². The minimum Gasteiger partial charge on any atom is -0.372 e. The number of aromatic amines is 1. The monoisotopic (exact) mass is 412 g/mol. The van der Waals surface area contributed by atoms with Crippen LogP contribution in [0.25, 0.3) is 21.9 Å². The number of amides is 1. The van der Waals surface area contributed by atoms with E-state index in [-0.39, 0.29) is 29.4 Å². The summed E-state index contributed by atoms with van der Waals surface area (Å²) in [5, 5.41) is 1.42. The number of benzene rings is 1. The summed E-state index contributed by atoms with van der Waals surface area (Å²) in [6.07, 6.45) is 1.70. The van der Waals surface area contributed by atoms with Crippen molar-refractivity contribution in [1.82, 2.24) is 19.4 Å². The number of hydrogen-bond donors (Lipinski definition) is 1. The Bertz CT molecular complexity index is 1130. The highest BCUT2D eigenvalue weighted by Crippen LogP contribution is 2.25. The van der Waals surface area contributed by atoms with Crippen molar-refractivity contribution in [3.63, 3.8) is 0 Å². The van der Waals surface area contributed by atoms with Crippen LogP contribution in [0.5, 0.6) is 0 Å². The van der Waals surface area contributed by atoms with E-state index in [0.29, 0.717) is 35.8 Å². The molecule has 3 heterocycles. The second-order valence-electron chi connectivity index (χ2n) is 7.34. The highest BCUT2D eigenvalue weighted by Gasteiger charge is 2.26. The van der Waals surface area contributed by atoms with Crippen LogP contribution in [0.4, 0.5) is 0 Å². The summed E-state index contributed by atoms with van der Waals surface area (Å²) in [7, 11) is 0. The molecule has 2 atom stereocenters. The highest BCUT2D eigenvalue weighted by atomic mass is 32.2. The summed E-state index contributed by atoms with van der Waals surface area (Å²) in [6.45, 7) is 9.18. The van der Waals surface area contributed by atoms with Gasteiger partial charge in [0.1, 0.15) is 11.0 Å². The lowest BCUT2D eigenvalue weighted by Crippen LogP contribution is -2.48. The average molecular weight is 413 g/mol. The first-order chi connectivity index (χ1) is 14.0. The minimum absolute atomic E-state index is 0.0207. The first-order valence-electron chi connectivity index (χ1n) is 9.66. The number of ether oxygens (including phenoxy) is 1. The average Bonchev–Trinajstić information content (AvgIpc) is 3.07. The molecule has 0 bridgehead atoms. The summed E-state index contributed by atoms with van der Waals surface area (Å²) in [4.78, 5) is 35.5. The zero-order valence-corrected chi connectivity index (χ0v) is 17.4. The predicted octanol–water partition coefficient (Wildman–Crippen LogP) is 2.79. The molecular formula is C21H24N4O3S. The van der Waals surface area contributed by atoms with Crippen LogP contribution in [0, 0.1) is 0 Å². The Balaban J connectivity index is 1.66. The number of aromatic nitrogens is 3. The van der Waals surface area contributed by atoms with Crippen LogP contribution in [0.2, 0.25) is 0 Å². The molecule has 0 radical (unpaired) electrons. The fourth-order valence-corrected chi connectivity index (χ4v) is 4.68. The van der Waals surface area contributed by atoms with Crippen molar-refractivity contribution in [2.45, 2.75) is 37.8 Å². The van der Waals surface area contributed by atoms with Crippen molar-refractivity contribution in [2.24, 2.45) is 0 Å². The maximum atomic E-state index is 13.1. The third-order valence-corrected chi connectivity index (χ3v) is 5.95. The molecule has 4 rings (SSSR count). The number of fused-ring (bicyclic) bond motifs is 3. The maximum absolute atomic E-state index is 13.1. The molecule has 2 aromatic heterocycles. The molecule has 1 amide bonds. The van der Waals surface area contributed by atoms with Crippen molar-refractivity contribution in [1.29, 1.82) is 0 Å². The largest absolute Gasteiger partial charge is 0.372 e. The van der Waals surface area contributed by atoms with Gasteiger partial charge in [0.2, 0.25) is 5.91 Å². The lowest BCUT2D eigenvalue weighted by molar-refractivity contribution is -0.140. The van der Waals surface area contributed by atoms with Crippen molar-refractivity contribution in [3.05, 3.63) is 47.3 Å². The molecule has 29 heavy (non-hydrogen) atoms. The van der Waals surface area contributed by atoms with E-state index < -0.39 is 0 Å². The van der Waals surface area contributed by atoms with Crippen molar-refractivity contribution >= 4 is 39.6 Å². The maximum Gasteiger partial charge on any atom is 0.278 e. The van der Waals surface area contributed by atoms with Gasteiger partial charge < -0.3 is 14.6 Å². The molecule has 1 fully saturated rings. The van der Waals surface area contributed by atoms with E-state index in [1.807, 2.05) is 43.0 Å². The van der Waals surface area contributed by atoms with Gasteiger partial charge in [0.15, 0.2) is 5.16 Å². The molecule has 0 spiro atoms. The Morgan fingerprint density at radius 1 is 1.34 bits per heavy atom. The molecule has 1 N–H and O–H groups in total. The molecule has 1 saturated heterocycles. The molecule has 2 unspecified atom stereocenters. The molecule has 0 saturated carbocycles. The fourth-order valence-electron chi connectivity index (χ4n) is 3.78. The van der Waals surface area contributed by atoms with Crippen LogP contribution in [0.3, 0.4) is 0 Å². The van der Waals surface area contributed by atoms with Crippen LogP contribution in [0.15, 0.2) is 46.9 Å². The second-order valence-corrected chi connectivity index (χ2v) is 8.28. The molecule has 7 nitrogen and oxygen atoms in total. The van der Waals surface area contributed by atoms with Gasteiger partial charge in [-0.1, -0.05) is 36.0 Å². The van der Waals surface area contributed by atoms with Crippen LogP contribution in [-0.4, -0.2) is 56.4 Å². The zero-order valence-electron chi connectivity index (χ0n) is 16.6. The predicted molar refractivity (Wildman–Crippen MR) is 115 cm³/mol. The highest BCUT2D eigenvalue weighted by molar-refractivity contribution is 7.99. The van der Waals surface area contributed by atoms with Crippen LogP contribution in [-0.2, 0) is 16.1 Å². The Kier molecular flexibility index (Phi) is 5.47. The van der Waals surface area contributed by atoms with Crippen LogP contribution < -0.4 is 5.56 Å². The van der Waals surface area contributed by atoms with Crippen LogP contribution >= 0.6 is 11.8 Å². The summed E-state index contributed by atoms with van der Waals surface area (Å²) in [5.41, 5.74) is 1.82. The number of carbonyl (C=O) groups excluding carboxylic acids is 1. The molecule has 1 aliphatic rings. The number of carbonyl (C=O) groups is 1. The first kappa shape index (κ1) is 19.7. The van der Waals surface area contributed by atoms with Gasteiger partial charge in [-0.15, -0.1) is 6.58 Å². The van der Waals surface area contributed by atoms with E-state index in [0.717, 1.165) is 10.9 Å². The van der Waals surface area contributed by atoms with Gasteiger partial charge in [-0.05, 0) is 19.9 Å². The van der Waals surface area contributed by atoms with Crippen molar-refractivity contribution < 1.29 is 9.53 Å². The summed E-state index contributed by atoms with van der Waals surface area (Å²) >= 11 is 1.29. The number of para-hydroxylation sites is 1. The molecule has 1 aliphatic heterocycles. The number of hydrogen-bond acceptors (Lipinski definition) is 5. The molecule has 8 heteroatoms. The summed E-state index contributed by atoms with van der Waals surface area (Å²) in [5.74, 6) is 0.243. The molecular weight excluding hydrogens is 388 g/mol. The Morgan fingerprint density at radius 3 is 2.79 bits per heavy atom. The lowest BCUT2D eigenvalue weighted by Gasteiger charge is -2.35. The second kappa shape index (κ2) is 8.04. The lowest BCUT2D eigenvalue weighted by atomic mass is 10.2. The quantitative estimate of drug-likeness (QED) is 0.396. The number of thioether (sulfide) groups is 1. The smallest absolute Gasteiger partial charge is 0.278 e. The van der Waals surface area contributed by atoms with E-state index in [4.69, 9.17) is 9.72 Å². The molecule has 1 aromatic carbocycles. The van der Waals surface area contributed by atoms with E-state index in [9.17, 15) is 9.59 Å². The third-order valence-electron chi connectivity index (χ3n) is 4.98. The zero-order chi connectivity index (χ0) is 20.5. The van der Waals surface area contributed by atoms with Gasteiger partial charge in [0.05, 0.1) is 18.0 Å². The number of nitrogens with one attached hydrogen (secondary N) is 1. The van der Waals surface area contributed by atoms with E-state index >= 15 is 0 Å².